The number of benzene rings is 2. The molecule has 1 aliphatic rings. The topological polar surface area (TPSA) is 32.3 Å². The van der Waals surface area contributed by atoms with E-state index in [9.17, 15) is 4.79 Å². The monoisotopic (exact) mass is 376 g/mol. The van der Waals surface area contributed by atoms with Crippen molar-refractivity contribution in [2.24, 2.45) is 0 Å². The molecule has 0 radical (unpaired) electrons. The van der Waals surface area contributed by atoms with E-state index in [1.807, 2.05) is 18.2 Å². The summed E-state index contributed by atoms with van der Waals surface area (Å²) < 4.78 is 0. The average molecular weight is 377 g/mol. The van der Waals surface area contributed by atoms with Crippen LogP contribution in [0, 0.1) is 0 Å². The molecule has 0 atom stereocenters. The van der Waals surface area contributed by atoms with Crippen LogP contribution < -0.4 is 5.32 Å². The largest absolute Gasteiger partial charge is 0.322 e. The Bertz CT molecular complexity index is 742. The summed E-state index contributed by atoms with van der Waals surface area (Å²) in [5.74, 6) is -0.227. The second kappa shape index (κ2) is 8.70. The van der Waals surface area contributed by atoms with Crippen LogP contribution in [0.15, 0.2) is 42.5 Å². The van der Waals surface area contributed by atoms with E-state index in [2.05, 4.69) is 16.3 Å². The Morgan fingerprint density at radius 2 is 1.84 bits per heavy atom. The molecule has 0 aliphatic carbocycles. The summed E-state index contributed by atoms with van der Waals surface area (Å²) in [7, 11) is 0. The lowest BCUT2D eigenvalue weighted by Gasteiger charge is -2.26. The summed E-state index contributed by atoms with van der Waals surface area (Å²) >= 11 is 12.0. The van der Waals surface area contributed by atoms with Crippen LogP contribution in [0.3, 0.4) is 0 Å². The molecule has 1 N–H and O–H groups in total. The van der Waals surface area contributed by atoms with Crippen LogP contribution in [0.4, 0.5) is 5.69 Å². The second-order valence-electron chi connectivity index (χ2n) is 6.43. The van der Waals surface area contributed by atoms with E-state index in [0.717, 1.165) is 18.7 Å². The van der Waals surface area contributed by atoms with Gasteiger partial charge in [0.15, 0.2) is 0 Å². The number of piperidine rings is 1. The zero-order valence-electron chi connectivity index (χ0n) is 14.1. The maximum Gasteiger partial charge on any atom is 0.257 e. The van der Waals surface area contributed by atoms with Gasteiger partial charge in [-0.3, -0.25) is 4.79 Å². The van der Waals surface area contributed by atoms with Crippen LogP contribution >= 0.6 is 23.2 Å². The van der Waals surface area contributed by atoms with Gasteiger partial charge in [-0.25, -0.2) is 0 Å². The molecule has 25 heavy (non-hydrogen) atoms. The lowest BCUT2D eigenvalue weighted by atomic mass is 10.1. The summed E-state index contributed by atoms with van der Waals surface area (Å²) in [6, 6.07) is 12.9. The number of anilines is 1. The molecule has 132 valence electrons. The third-order valence-electron chi connectivity index (χ3n) is 4.53. The molecular weight excluding hydrogens is 355 g/mol. The highest BCUT2D eigenvalue weighted by Gasteiger charge is 2.12. The Kier molecular flexibility index (Phi) is 6.35. The number of halogens is 2. The Balaban J connectivity index is 1.61. The first-order valence-electron chi connectivity index (χ1n) is 8.69. The molecule has 1 amide bonds. The molecule has 2 aromatic carbocycles. The SMILES string of the molecule is O=C(Nc1cccc(CCN2CCCCC2)c1)c1ccc(Cl)cc1Cl. The number of rotatable bonds is 5. The summed E-state index contributed by atoms with van der Waals surface area (Å²) in [5.41, 5.74) is 2.43. The maximum atomic E-state index is 12.4. The van der Waals surface area contributed by atoms with Crippen LogP contribution in [0.2, 0.25) is 10.0 Å². The second-order valence-corrected chi connectivity index (χ2v) is 7.27. The molecule has 1 aliphatic heterocycles. The van der Waals surface area contributed by atoms with E-state index in [-0.39, 0.29) is 5.91 Å². The summed E-state index contributed by atoms with van der Waals surface area (Å²) in [4.78, 5) is 14.9. The molecule has 0 saturated carbocycles. The van der Waals surface area contributed by atoms with Gasteiger partial charge in [-0.05, 0) is 68.2 Å². The highest BCUT2D eigenvalue weighted by molar-refractivity contribution is 6.37. The molecule has 0 aromatic heterocycles. The normalized spacial score (nSPS) is 15.1. The molecule has 1 heterocycles. The Morgan fingerprint density at radius 3 is 2.60 bits per heavy atom. The van der Waals surface area contributed by atoms with Crippen molar-refractivity contribution in [2.45, 2.75) is 25.7 Å². The summed E-state index contributed by atoms with van der Waals surface area (Å²) in [5, 5.41) is 3.78. The fourth-order valence-electron chi connectivity index (χ4n) is 3.15. The van der Waals surface area contributed by atoms with Crippen molar-refractivity contribution in [1.29, 1.82) is 0 Å². The van der Waals surface area contributed by atoms with E-state index < -0.39 is 0 Å². The van der Waals surface area contributed by atoms with Gasteiger partial charge in [-0.1, -0.05) is 41.8 Å². The zero-order valence-corrected chi connectivity index (χ0v) is 15.6. The minimum Gasteiger partial charge on any atom is -0.322 e. The minimum absolute atomic E-state index is 0.227. The van der Waals surface area contributed by atoms with Gasteiger partial charge < -0.3 is 10.2 Å². The average Bonchev–Trinajstić information content (AvgIpc) is 2.61. The van der Waals surface area contributed by atoms with Crippen LogP contribution in [0.5, 0.6) is 0 Å². The van der Waals surface area contributed by atoms with Gasteiger partial charge in [0.1, 0.15) is 0 Å². The quantitative estimate of drug-likeness (QED) is 0.770. The van der Waals surface area contributed by atoms with Gasteiger partial charge in [0, 0.05) is 17.3 Å². The molecule has 2 aromatic rings. The van der Waals surface area contributed by atoms with E-state index in [1.165, 1.54) is 37.9 Å². The van der Waals surface area contributed by atoms with Crippen molar-refractivity contribution in [3.8, 4) is 0 Å². The lowest BCUT2D eigenvalue weighted by molar-refractivity contribution is 0.102. The molecule has 1 fully saturated rings. The van der Waals surface area contributed by atoms with Crippen LogP contribution in [0.25, 0.3) is 0 Å². The van der Waals surface area contributed by atoms with Crippen molar-refractivity contribution in [3.05, 3.63) is 63.6 Å². The third-order valence-corrected chi connectivity index (χ3v) is 5.07. The number of carbonyl (C=O) groups is 1. The minimum atomic E-state index is -0.227. The van der Waals surface area contributed by atoms with Gasteiger partial charge >= 0.3 is 0 Å². The fraction of sp³-hybridized carbons (Fsp3) is 0.350. The summed E-state index contributed by atoms with van der Waals surface area (Å²) in [6.45, 7) is 3.47. The Hall–Kier alpha value is -1.55. The van der Waals surface area contributed by atoms with E-state index >= 15 is 0 Å². The van der Waals surface area contributed by atoms with Gasteiger partial charge in [-0.2, -0.15) is 0 Å². The molecule has 0 bridgehead atoms. The molecule has 0 spiro atoms. The first kappa shape index (κ1) is 18.2. The van der Waals surface area contributed by atoms with Crippen LogP contribution in [-0.4, -0.2) is 30.4 Å². The number of amides is 1. The number of hydrogen-bond donors (Lipinski definition) is 1. The van der Waals surface area contributed by atoms with Gasteiger partial charge in [-0.15, -0.1) is 0 Å². The predicted octanol–water partition coefficient (Wildman–Crippen LogP) is 5.27. The number of carbonyl (C=O) groups excluding carboxylic acids is 1. The first-order valence-corrected chi connectivity index (χ1v) is 9.45. The van der Waals surface area contributed by atoms with Crippen molar-refractivity contribution in [1.82, 2.24) is 4.90 Å². The summed E-state index contributed by atoms with van der Waals surface area (Å²) in [6.07, 6.45) is 4.95. The Morgan fingerprint density at radius 1 is 1.04 bits per heavy atom. The molecular formula is C20H22Cl2N2O. The number of nitrogens with zero attached hydrogens (tertiary/aromatic N) is 1. The van der Waals surface area contributed by atoms with Gasteiger partial charge in [0.25, 0.3) is 5.91 Å². The smallest absolute Gasteiger partial charge is 0.257 e. The fourth-order valence-corrected chi connectivity index (χ4v) is 3.64. The number of likely N-dealkylation sites (tertiary alicyclic amines) is 1. The van der Waals surface area contributed by atoms with Crippen LogP contribution in [0.1, 0.15) is 35.2 Å². The Labute approximate surface area is 158 Å². The van der Waals surface area contributed by atoms with E-state index in [0.29, 0.717) is 15.6 Å². The highest BCUT2D eigenvalue weighted by Crippen LogP contribution is 2.22. The van der Waals surface area contributed by atoms with E-state index in [4.69, 9.17) is 23.2 Å². The lowest BCUT2D eigenvalue weighted by Crippen LogP contribution is -2.31. The van der Waals surface area contributed by atoms with Crippen molar-refractivity contribution >= 4 is 34.8 Å². The van der Waals surface area contributed by atoms with Gasteiger partial charge in [0.2, 0.25) is 0 Å². The standard InChI is InChI=1S/C20H22Cl2N2O/c21-16-7-8-18(19(22)14-16)20(25)23-17-6-4-5-15(13-17)9-12-24-10-2-1-3-11-24/h4-8,13-14H,1-3,9-12H2,(H,23,25). The maximum absolute atomic E-state index is 12.4. The molecule has 5 heteroatoms. The third kappa shape index (κ3) is 5.21. The zero-order chi connectivity index (χ0) is 17.6. The molecule has 3 nitrogen and oxygen atoms in total. The number of hydrogen-bond acceptors (Lipinski definition) is 2. The van der Waals surface area contributed by atoms with Crippen molar-refractivity contribution in [3.63, 3.8) is 0 Å². The molecule has 1 saturated heterocycles. The first-order chi connectivity index (χ1) is 12.1. The van der Waals surface area contributed by atoms with Crippen molar-refractivity contribution < 1.29 is 4.79 Å². The van der Waals surface area contributed by atoms with Gasteiger partial charge in [0.05, 0.1) is 10.6 Å². The van der Waals surface area contributed by atoms with Crippen molar-refractivity contribution in [2.75, 3.05) is 25.0 Å². The predicted molar refractivity (Wildman–Crippen MR) is 105 cm³/mol. The highest BCUT2D eigenvalue weighted by atomic mass is 35.5. The van der Waals surface area contributed by atoms with E-state index in [1.54, 1.807) is 18.2 Å². The van der Waals surface area contributed by atoms with Crippen LogP contribution in [-0.2, 0) is 6.42 Å². The molecule has 0 unspecified atom stereocenters. The molecule has 3 rings (SSSR count). The number of nitrogens with one attached hydrogen (secondary N) is 1.